The zero-order chi connectivity index (χ0) is 24.3. The quantitative estimate of drug-likeness (QED) is 0.162. The molecular weight excluding hydrogens is 455 g/mol. The molecule has 1 rings (SSSR count). The van der Waals surface area contributed by atoms with Crippen molar-refractivity contribution in [2.75, 3.05) is 19.8 Å². The maximum absolute atomic E-state index is 13.4. The van der Waals surface area contributed by atoms with Gasteiger partial charge in [0.2, 0.25) is 0 Å². The van der Waals surface area contributed by atoms with Crippen molar-refractivity contribution in [1.29, 1.82) is 0 Å². The molecule has 0 bridgehead atoms. The molecule has 0 amide bonds. The fourth-order valence-electron chi connectivity index (χ4n) is 3.51. The van der Waals surface area contributed by atoms with Gasteiger partial charge >= 0.3 is 23.9 Å². The Balaban J connectivity index is 2.03. The predicted molar refractivity (Wildman–Crippen MR) is 101 cm³/mol. The summed E-state index contributed by atoms with van der Waals surface area (Å²) < 4.78 is 126. The molecule has 0 N–H and O–H groups in total. The smallest absolute Gasteiger partial charge is 0.379 e. The summed E-state index contributed by atoms with van der Waals surface area (Å²) in [5.41, 5.74) is 0. The number of unbranched alkanes of at least 4 members (excludes halogenated alkanes) is 8. The zero-order valence-electron chi connectivity index (χ0n) is 18.1. The van der Waals surface area contributed by atoms with Crippen molar-refractivity contribution in [2.45, 2.75) is 114 Å². The third-order valence-corrected chi connectivity index (χ3v) is 5.57. The van der Waals surface area contributed by atoms with Crippen molar-refractivity contribution in [3.8, 4) is 0 Å². The average Bonchev–Trinajstić information content (AvgIpc) is 2.71. The van der Waals surface area contributed by atoms with Gasteiger partial charge in [-0.3, -0.25) is 0 Å². The second-order valence-corrected chi connectivity index (χ2v) is 8.35. The number of ether oxygens (including phenoxy) is 2. The minimum atomic E-state index is -6.79. The Hall–Kier alpha value is -0.710. The lowest BCUT2D eigenvalue weighted by Gasteiger charge is -2.33. The Bertz CT molecular complexity index is 504. The minimum Gasteiger partial charge on any atom is -0.379 e. The molecule has 1 atom stereocenters. The Morgan fingerprint density at radius 2 is 1.19 bits per heavy atom. The first-order valence-corrected chi connectivity index (χ1v) is 11.2. The lowest BCUT2D eigenvalue weighted by molar-refractivity contribution is -0.396. The van der Waals surface area contributed by atoms with E-state index in [0.717, 1.165) is 58.0 Å². The molecule has 1 unspecified atom stereocenters. The monoisotopic (exact) mass is 488 g/mol. The molecule has 0 aromatic rings. The molecule has 11 heteroatoms. The molecule has 2 nitrogen and oxygen atoms in total. The van der Waals surface area contributed by atoms with Gasteiger partial charge in [0.1, 0.15) is 0 Å². The van der Waals surface area contributed by atoms with Gasteiger partial charge in [-0.25, -0.2) is 0 Å². The molecular formula is C21H33F9O2. The van der Waals surface area contributed by atoms with E-state index in [1.54, 1.807) is 0 Å². The van der Waals surface area contributed by atoms with Crippen molar-refractivity contribution in [3.05, 3.63) is 0 Å². The van der Waals surface area contributed by atoms with Crippen LogP contribution < -0.4 is 0 Å². The van der Waals surface area contributed by atoms with Crippen molar-refractivity contribution in [1.82, 2.24) is 0 Å². The van der Waals surface area contributed by atoms with E-state index in [4.69, 9.17) is 9.47 Å². The molecule has 0 saturated carbocycles. The van der Waals surface area contributed by atoms with Gasteiger partial charge < -0.3 is 9.47 Å². The summed E-state index contributed by atoms with van der Waals surface area (Å²) in [5, 5.41) is 0. The molecule has 0 aromatic heterocycles. The zero-order valence-corrected chi connectivity index (χ0v) is 18.1. The van der Waals surface area contributed by atoms with Crippen LogP contribution in [-0.2, 0) is 9.47 Å². The Morgan fingerprint density at radius 1 is 0.656 bits per heavy atom. The van der Waals surface area contributed by atoms with Gasteiger partial charge in [-0.15, -0.1) is 0 Å². The van der Waals surface area contributed by atoms with E-state index in [2.05, 4.69) is 0 Å². The van der Waals surface area contributed by atoms with Gasteiger partial charge in [0.25, 0.3) is 0 Å². The number of rotatable bonds is 16. The van der Waals surface area contributed by atoms with Crippen LogP contribution in [0.15, 0.2) is 0 Å². The van der Waals surface area contributed by atoms with Gasteiger partial charge in [0, 0.05) is 19.6 Å². The van der Waals surface area contributed by atoms with Crippen LogP contribution in [0.1, 0.15) is 83.5 Å². The topological polar surface area (TPSA) is 18.5 Å². The molecule has 1 saturated heterocycles. The van der Waals surface area contributed by atoms with Crippen LogP contribution in [0.25, 0.3) is 0 Å². The van der Waals surface area contributed by atoms with Gasteiger partial charge in [0.15, 0.2) is 0 Å². The van der Waals surface area contributed by atoms with Crippen molar-refractivity contribution in [2.24, 2.45) is 0 Å². The largest absolute Gasteiger partial charge is 0.460 e. The number of halogens is 9. The van der Waals surface area contributed by atoms with Crippen LogP contribution in [0, 0.1) is 0 Å². The van der Waals surface area contributed by atoms with E-state index in [9.17, 15) is 39.5 Å². The van der Waals surface area contributed by atoms with E-state index >= 15 is 0 Å². The fourth-order valence-corrected chi connectivity index (χ4v) is 3.51. The second-order valence-electron chi connectivity index (χ2n) is 8.35. The van der Waals surface area contributed by atoms with E-state index in [1.807, 2.05) is 0 Å². The van der Waals surface area contributed by atoms with Crippen LogP contribution in [0.4, 0.5) is 39.5 Å². The lowest BCUT2D eigenvalue weighted by atomic mass is 9.97. The summed E-state index contributed by atoms with van der Waals surface area (Å²) >= 11 is 0. The maximum atomic E-state index is 13.4. The van der Waals surface area contributed by atoms with E-state index in [1.165, 1.54) is 0 Å². The molecule has 0 spiro atoms. The number of alkyl halides is 9. The van der Waals surface area contributed by atoms with E-state index in [0.29, 0.717) is 26.1 Å². The Labute approximate surface area is 183 Å². The molecule has 1 heterocycles. The van der Waals surface area contributed by atoms with Crippen LogP contribution in [0.2, 0.25) is 0 Å². The molecule has 1 fully saturated rings. The molecule has 1 aliphatic heterocycles. The average molecular weight is 488 g/mol. The molecule has 0 aromatic carbocycles. The number of hydrogen-bond donors (Lipinski definition) is 0. The van der Waals surface area contributed by atoms with Crippen LogP contribution in [0.5, 0.6) is 0 Å². The summed E-state index contributed by atoms with van der Waals surface area (Å²) in [4.78, 5) is 0. The summed E-state index contributed by atoms with van der Waals surface area (Å²) in [6.07, 6.45) is 0.115. The van der Waals surface area contributed by atoms with Crippen molar-refractivity contribution in [3.63, 3.8) is 0 Å². The lowest BCUT2D eigenvalue weighted by Crippen LogP contribution is -2.60. The Morgan fingerprint density at radius 3 is 1.69 bits per heavy atom. The highest BCUT2D eigenvalue weighted by Crippen LogP contribution is 2.54. The highest BCUT2D eigenvalue weighted by molar-refractivity contribution is 5.00. The van der Waals surface area contributed by atoms with E-state index in [-0.39, 0.29) is 12.5 Å². The SMILES string of the molecule is FC(F)(F)C(F)(F)C(F)(F)C(F)(F)CCCCCCCCCCCOCC1CCCCO1. The van der Waals surface area contributed by atoms with Crippen LogP contribution in [-0.4, -0.2) is 49.9 Å². The molecule has 0 radical (unpaired) electrons. The molecule has 192 valence electrons. The third-order valence-electron chi connectivity index (χ3n) is 5.57. The third kappa shape index (κ3) is 8.91. The number of hydrogen-bond acceptors (Lipinski definition) is 2. The van der Waals surface area contributed by atoms with Gasteiger partial charge in [-0.05, 0) is 32.1 Å². The maximum Gasteiger partial charge on any atom is 0.460 e. The predicted octanol–water partition coefficient (Wildman–Crippen LogP) is 7.94. The van der Waals surface area contributed by atoms with Gasteiger partial charge in [0.05, 0.1) is 12.7 Å². The first-order chi connectivity index (χ1) is 14.8. The minimum absolute atomic E-state index is 0.0559. The second kappa shape index (κ2) is 13.2. The summed E-state index contributed by atoms with van der Waals surface area (Å²) in [7, 11) is 0. The fraction of sp³-hybridized carbons (Fsp3) is 1.00. The van der Waals surface area contributed by atoms with E-state index < -0.39 is 36.8 Å². The normalized spacial score (nSPS) is 18.8. The summed E-state index contributed by atoms with van der Waals surface area (Å²) in [5.74, 6) is -18.7. The highest BCUT2D eigenvalue weighted by atomic mass is 19.4. The van der Waals surface area contributed by atoms with Crippen LogP contribution >= 0.6 is 0 Å². The van der Waals surface area contributed by atoms with Crippen molar-refractivity contribution < 1.29 is 49.0 Å². The highest BCUT2D eigenvalue weighted by Gasteiger charge is 2.81. The Kier molecular flexibility index (Phi) is 12.1. The summed E-state index contributed by atoms with van der Waals surface area (Å²) in [6.45, 7) is 2.06. The van der Waals surface area contributed by atoms with Gasteiger partial charge in [-0.1, -0.05) is 44.9 Å². The standard InChI is InChI=1S/C21H33F9O2/c22-18(23,19(24,25)20(26,27)21(28,29)30)13-9-6-4-2-1-3-5-7-10-14-31-16-17-12-8-11-15-32-17/h17H,1-16H2. The van der Waals surface area contributed by atoms with Gasteiger partial charge in [-0.2, -0.15) is 39.5 Å². The first-order valence-electron chi connectivity index (χ1n) is 11.2. The van der Waals surface area contributed by atoms with Crippen molar-refractivity contribution >= 4 is 0 Å². The van der Waals surface area contributed by atoms with Crippen LogP contribution in [0.3, 0.4) is 0 Å². The first kappa shape index (κ1) is 29.3. The summed E-state index contributed by atoms with van der Waals surface area (Å²) in [6, 6.07) is 0. The molecule has 1 aliphatic rings. The molecule has 0 aliphatic carbocycles. The molecule has 32 heavy (non-hydrogen) atoms.